The lowest BCUT2D eigenvalue weighted by molar-refractivity contribution is 0.107. The van der Waals surface area contributed by atoms with Crippen LogP contribution in [0.15, 0.2) is 47.2 Å². The molecule has 1 aromatic heterocycles. The second kappa shape index (κ2) is 5.67. The van der Waals surface area contributed by atoms with Crippen molar-refractivity contribution < 1.29 is 4.74 Å². The summed E-state index contributed by atoms with van der Waals surface area (Å²) in [4.78, 5) is 8.49. The Kier molecular flexibility index (Phi) is 3.75. The topological polar surface area (TPSA) is 47.0 Å². The van der Waals surface area contributed by atoms with Gasteiger partial charge in [-0.2, -0.15) is 0 Å². The summed E-state index contributed by atoms with van der Waals surface area (Å²) in [5, 5.41) is 3.35. The Morgan fingerprint density at radius 1 is 1.16 bits per heavy atom. The molecule has 1 aliphatic rings. The van der Waals surface area contributed by atoms with Crippen LogP contribution in [0, 0.1) is 0 Å². The first kappa shape index (κ1) is 12.6. The number of nitrogens with zero attached hydrogens (tertiary/aromatic N) is 2. The van der Waals surface area contributed by atoms with E-state index in [2.05, 4.69) is 43.3 Å². The molecule has 3 rings (SSSR count). The van der Waals surface area contributed by atoms with Crippen molar-refractivity contribution in [3.8, 4) is 0 Å². The number of anilines is 1. The molecule has 1 saturated heterocycles. The normalized spacial score (nSPS) is 22.4. The smallest absolute Gasteiger partial charge is 0.222 e. The van der Waals surface area contributed by atoms with Crippen molar-refractivity contribution in [3.05, 3.63) is 52.8 Å². The van der Waals surface area contributed by atoms with Gasteiger partial charge in [0.2, 0.25) is 5.95 Å². The van der Waals surface area contributed by atoms with Crippen LogP contribution >= 0.6 is 15.9 Å². The molecule has 0 aliphatic carbocycles. The molecule has 2 aromatic rings. The highest BCUT2D eigenvalue weighted by molar-refractivity contribution is 9.10. The lowest BCUT2D eigenvalue weighted by atomic mass is 10.0. The van der Waals surface area contributed by atoms with Gasteiger partial charge in [-0.15, -0.1) is 0 Å². The molecule has 4 nitrogen and oxygen atoms in total. The Balaban J connectivity index is 1.75. The molecule has 0 amide bonds. The molecule has 1 N–H and O–H groups in total. The zero-order chi connectivity index (χ0) is 13.1. The Morgan fingerprint density at radius 2 is 1.89 bits per heavy atom. The van der Waals surface area contributed by atoms with Gasteiger partial charge < -0.3 is 10.1 Å². The van der Waals surface area contributed by atoms with Crippen LogP contribution < -0.4 is 5.32 Å². The largest absolute Gasteiger partial charge is 0.371 e. The zero-order valence-electron chi connectivity index (χ0n) is 10.3. The second-order valence-corrected chi connectivity index (χ2v) is 5.38. The summed E-state index contributed by atoms with van der Waals surface area (Å²) in [5.74, 6) is 0.639. The average Bonchev–Trinajstić information content (AvgIpc) is 2.90. The van der Waals surface area contributed by atoms with Crippen molar-refractivity contribution in [1.29, 1.82) is 0 Å². The Morgan fingerprint density at radius 3 is 2.63 bits per heavy atom. The monoisotopic (exact) mass is 319 g/mol. The third kappa shape index (κ3) is 2.93. The highest BCUT2D eigenvalue weighted by Crippen LogP contribution is 2.30. The summed E-state index contributed by atoms with van der Waals surface area (Å²) in [7, 11) is 0. The first-order valence-corrected chi connectivity index (χ1v) is 7.03. The number of halogens is 1. The van der Waals surface area contributed by atoms with Gasteiger partial charge in [0, 0.05) is 19.0 Å². The van der Waals surface area contributed by atoms with Crippen molar-refractivity contribution in [2.45, 2.75) is 18.6 Å². The minimum atomic E-state index is 0.0634. The summed E-state index contributed by atoms with van der Waals surface area (Å²) >= 11 is 3.33. The fourth-order valence-electron chi connectivity index (χ4n) is 2.26. The van der Waals surface area contributed by atoms with Gasteiger partial charge in [0.25, 0.3) is 0 Å². The molecule has 1 aliphatic heterocycles. The molecule has 0 spiro atoms. The van der Waals surface area contributed by atoms with Gasteiger partial charge in [0.15, 0.2) is 0 Å². The Bertz CT molecular complexity index is 532. The Labute approximate surface area is 120 Å². The van der Waals surface area contributed by atoms with E-state index in [1.54, 1.807) is 12.4 Å². The quantitative estimate of drug-likeness (QED) is 0.943. The van der Waals surface area contributed by atoms with Crippen LogP contribution in [0.1, 0.15) is 18.1 Å². The lowest BCUT2D eigenvalue weighted by Crippen LogP contribution is -2.24. The van der Waals surface area contributed by atoms with Gasteiger partial charge in [-0.1, -0.05) is 30.3 Å². The number of benzene rings is 1. The number of rotatable bonds is 3. The lowest BCUT2D eigenvalue weighted by Gasteiger charge is -2.20. The van der Waals surface area contributed by atoms with E-state index in [4.69, 9.17) is 4.74 Å². The summed E-state index contributed by atoms with van der Waals surface area (Å²) in [6.07, 6.45) is 4.50. The van der Waals surface area contributed by atoms with Crippen LogP contribution in [0.3, 0.4) is 0 Å². The van der Waals surface area contributed by atoms with Gasteiger partial charge >= 0.3 is 0 Å². The number of nitrogens with one attached hydrogen (secondary N) is 1. The Hall–Kier alpha value is -1.46. The molecular weight excluding hydrogens is 306 g/mol. The van der Waals surface area contributed by atoms with E-state index in [1.165, 1.54) is 5.56 Å². The first-order chi connectivity index (χ1) is 9.33. The van der Waals surface area contributed by atoms with E-state index in [1.807, 2.05) is 18.2 Å². The number of ether oxygens (including phenoxy) is 1. The van der Waals surface area contributed by atoms with Crippen molar-refractivity contribution in [3.63, 3.8) is 0 Å². The van der Waals surface area contributed by atoms with Crippen molar-refractivity contribution in [2.24, 2.45) is 0 Å². The van der Waals surface area contributed by atoms with Gasteiger partial charge in [0.1, 0.15) is 6.10 Å². The fourth-order valence-corrected chi connectivity index (χ4v) is 2.47. The maximum Gasteiger partial charge on any atom is 0.222 e. The predicted octanol–water partition coefficient (Wildman–Crippen LogP) is 3.18. The van der Waals surface area contributed by atoms with Gasteiger partial charge in [0.05, 0.1) is 10.5 Å². The van der Waals surface area contributed by atoms with Gasteiger partial charge in [-0.3, -0.25) is 0 Å². The average molecular weight is 320 g/mol. The third-order valence-corrected chi connectivity index (χ3v) is 3.56. The van der Waals surface area contributed by atoms with E-state index in [9.17, 15) is 0 Å². The maximum atomic E-state index is 5.82. The fraction of sp³-hybridized carbons (Fsp3) is 0.286. The van der Waals surface area contributed by atoms with Crippen LogP contribution in [0.5, 0.6) is 0 Å². The molecular formula is C14H14BrN3O. The van der Waals surface area contributed by atoms with E-state index in [-0.39, 0.29) is 12.1 Å². The molecule has 19 heavy (non-hydrogen) atoms. The summed E-state index contributed by atoms with van der Waals surface area (Å²) in [5.41, 5.74) is 1.19. The van der Waals surface area contributed by atoms with E-state index in [0.29, 0.717) is 5.95 Å². The molecule has 5 heteroatoms. The highest BCUT2D eigenvalue weighted by Gasteiger charge is 2.29. The number of hydrogen-bond donors (Lipinski definition) is 1. The van der Waals surface area contributed by atoms with Crippen molar-refractivity contribution in [2.75, 3.05) is 11.9 Å². The minimum absolute atomic E-state index is 0.0634. The van der Waals surface area contributed by atoms with E-state index < -0.39 is 0 Å². The second-order valence-electron chi connectivity index (χ2n) is 4.47. The third-order valence-electron chi connectivity index (χ3n) is 3.15. The summed E-state index contributed by atoms with van der Waals surface area (Å²) in [6, 6.07) is 10.5. The minimum Gasteiger partial charge on any atom is -0.371 e. The SMILES string of the molecule is Brc1cnc(N[C@H]2CCO[C@@H]2c2ccccc2)nc1. The highest BCUT2D eigenvalue weighted by atomic mass is 79.9. The molecule has 0 unspecified atom stereocenters. The van der Waals surface area contributed by atoms with E-state index >= 15 is 0 Å². The van der Waals surface area contributed by atoms with Crippen molar-refractivity contribution >= 4 is 21.9 Å². The van der Waals surface area contributed by atoms with Gasteiger partial charge in [-0.25, -0.2) is 9.97 Å². The summed E-state index contributed by atoms with van der Waals surface area (Å²) < 4.78 is 6.70. The van der Waals surface area contributed by atoms with Gasteiger partial charge in [-0.05, 0) is 27.9 Å². The first-order valence-electron chi connectivity index (χ1n) is 6.23. The zero-order valence-corrected chi connectivity index (χ0v) is 11.9. The van der Waals surface area contributed by atoms with Crippen LogP contribution in [0.2, 0.25) is 0 Å². The number of aromatic nitrogens is 2. The van der Waals surface area contributed by atoms with Crippen LogP contribution in [-0.4, -0.2) is 22.6 Å². The van der Waals surface area contributed by atoms with Crippen LogP contribution in [0.25, 0.3) is 0 Å². The molecule has 2 heterocycles. The molecule has 2 atom stereocenters. The molecule has 0 radical (unpaired) electrons. The van der Waals surface area contributed by atoms with E-state index in [0.717, 1.165) is 17.5 Å². The van der Waals surface area contributed by atoms with Crippen molar-refractivity contribution in [1.82, 2.24) is 9.97 Å². The molecule has 1 fully saturated rings. The predicted molar refractivity (Wildman–Crippen MR) is 76.9 cm³/mol. The maximum absolute atomic E-state index is 5.82. The van der Waals surface area contributed by atoms with Crippen LogP contribution in [0.4, 0.5) is 5.95 Å². The number of hydrogen-bond acceptors (Lipinski definition) is 4. The molecule has 0 bridgehead atoms. The molecule has 0 saturated carbocycles. The summed E-state index contributed by atoms with van der Waals surface area (Å²) in [6.45, 7) is 0.758. The molecule has 98 valence electrons. The standard InChI is InChI=1S/C14H14BrN3O/c15-11-8-16-14(17-9-11)18-12-6-7-19-13(12)10-4-2-1-3-5-10/h1-5,8-9,12-13H,6-7H2,(H,16,17,18)/t12-,13+/m0/s1. The molecule has 1 aromatic carbocycles. The van der Waals surface area contributed by atoms with Crippen LogP contribution in [-0.2, 0) is 4.74 Å².